The number of aliphatic hydroxyl groups excluding tert-OH is 2. The summed E-state index contributed by atoms with van der Waals surface area (Å²) in [5.41, 5.74) is 2.24. The second-order valence-electron chi connectivity index (χ2n) is 8.25. The number of aliphatic hydroxyl groups is 2. The van der Waals surface area contributed by atoms with Crippen molar-refractivity contribution in [3.8, 4) is 0 Å². The van der Waals surface area contributed by atoms with Crippen molar-refractivity contribution in [2.45, 2.75) is 52.2 Å². The molecule has 5 atom stereocenters. The minimum absolute atomic E-state index is 0.0282. The first kappa shape index (κ1) is 18.8. The van der Waals surface area contributed by atoms with E-state index in [4.69, 9.17) is 0 Å². The molecule has 2 saturated carbocycles. The largest absolute Gasteiger partial charge is 0.394 e. The number of nitrogens with one attached hydrogen (secondary N) is 2. The third kappa shape index (κ3) is 2.88. The summed E-state index contributed by atoms with van der Waals surface area (Å²) < 4.78 is 1.24. The monoisotopic (exact) mass is 365 g/mol. The van der Waals surface area contributed by atoms with Gasteiger partial charge in [0.1, 0.15) is 18.7 Å². The molecule has 0 aromatic carbocycles. The third-order valence-electron chi connectivity index (χ3n) is 6.86. The van der Waals surface area contributed by atoms with Crippen molar-refractivity contribution in [3.63, 3.8) is 0 Å². The standard InChI is InChI=1S/C17H27N5O4/c1-16(2)11-4-5-17(16,3)14(25)10(11)6-13(24)20-12(7-23)15(26)21-22-8-18-19-9-22/h8-12,14,23,25H,4-7H2,1-3H3,(H,20,24)(H,21,26)/t10?,11?,12-,14?,17?/m0/s1. The number of nitrogens with zero attached hydrogens (tertiary/aromatic N) is 3. The Labute approximate surface area is 152 Å². The molecule has 1 heterocycles. The zero-order valence-corrected chi connectivity index (χ0v) is 15.3. The molecule has 144 valence electrons. The van der Waals surface area contributed by atoms with E-state index in [1.165, 1.54) is 17.3 Å². The lowest BCUT2D eigenvalue weighted by molar-refractivity contribution is -0.129. The Morgan fingerprint density at radius 1 is 1.31 bits per heavy atom. The molecule has 2 bridgehead atoms. The van der Waals surface area contributed by atoms with Crippen LogP contribution in [0.2, 0.25) is 0 Å². The molecule has 2 fully saturated rings. The van der Waals surface area contributed by atoms with Gasteiger partial charge in [-0.15, -0.1) is 10.2 Å². The van der Waals surface area contributed by atoms with Gasteiger partial charge >= 0.3 is 0 Å². The molecule has 9 heteroatoms. The molecule has 3 rings (SSSR count). The predicted molar refractivity (Wildman–Crippen MR) is 92.1 cm³/mol. The maximum atomic E-state index is 12.5. The van der Waals surface area contributed by atoms with Gasteiger partial charge in [-0.05, 0) is 35.5 Å². The fourth-order valence-corrected chi connectivity index (χ4v) is 4.91. The fourth-order valence-electron chi connectivity index (χ4n) is 4.91. The molecule has 26 heavy (non-hydrogen) atoms. The fraction of sp³-hybridized carbons (Fsp3) is 0.765. The van der Waals surface area contributed by atoms with E-state index < -0.39 is 24.7 Å². The molecule has 1 aromatic heterocycles. The Kier molecular flexibility index (Phi) is 4.78. The summed E-state index contributed by atoms with van der Waals surface area (Å²) in [5, 5.41) is 29.9. The zero-order valence-electron chi connectivity index (χ0n) is 15.3. The smallest absolute Gasteiger partial charge is 0.263 e. The van der Waals surface area contributed by atoms with E-state index in [0.29, 0.717) is 0 Å². The summed E-state index contributed by atoms with van der Waals surface area (Å²) in [6.45, 7) is 5.89. The van der Waals surface area contributed by atoms with Crippen LogP contribution in [0.5, 0.6) is 0 Å². The quantitative estimate of drug-likeness (QED) is 0.545. The number of rotatable bonds is 6. The summed E-state index contributed by atoms with van der Waals surface area (Å²) in [5.74, 6) is -0.781. The summed E-state index contributed by atoms with van der Waals surface area (Å²) in [6, 6.07) is -1.08. The summed E-state index contributed by atoms with van der Waals surface area (Å²) in [7, 11) is 0. The van der Waals surface area contributed by atoms with Gasteiger partial charge in [-0.25, -0.2) is 4.68 Å². The molecule has 0 radical (unpaired) electrons. The molecule has 9 nitrogen and oxygen atoms in total. The van der Waals surface area contributed by atoms with Gasteiger partial charge in [0.15, 0.2) is 0 Å². The van der Waals surface area contributed by atoms with Gasteiger partial charge < -0.3 is 15.5 Å². The van der Waals surface area contributed by atoms with Crippen LogP contribution in [0.4, 0.5) is 0 Å². The maximum Gasteiger partial charge on any atom is 0.263 e. The molecule has 4 unspecified atom stereocenters. The van der Waals surface area contributed by atoms with Crippen LogP contribution in [0.25, 0.3) is 0 Å². The van der Waals surface area contributed by atoms with Crippen LogP contribution in [-0.4, -0.2) is 55.7 Å². The lowest BCUT2D eigenvalue weighted by Gasteiger charge is -2.37. The van der Waals surface area contributed by atoms with Crippen LogP contribution in [-0.2, 0) is 9.59 Å². The normalized spacial score (nSPS) is 33.0. The first-order valence-corrected chi connectivity index (χ1v) is 8.94. The lowest BCUT2D eigenvalue weighted by atomic mass is 9.70. The molecule has 0 aliphatic heterocycles. The Hall–Kier alpha value is -2.00. The minimum Gasteiger partial charge on any atom is -0.394 e. The predicted octanol–water partition coefficient (Wildman–Crippen LogP) is -0.351. The summed E-state index contributed by atoms with van der Waals surface area (Å²) in [6.07, 6.45) is 4.15. The highest BCUT2D eigenvalue weighted by atomic mass is 16.3. The second-order valence-corrected chi connectivity index (χ2v) is 8.25. The molecular weight excluding hydrogens is 338 g/mol. The number of carbonyl (C=O) groups excluding carboxylic acids is 2. The van der Waals surface area contributed by atoms with Gasteiger partial charge in [0, 0.05) is 6.42 Å². The third-order valence-corrected chi connectivity index (χ3v) is 6.86. The Morgan fingerprint density at radius 3 is 2.50 bits per heavy atom. The van der Waals surface area contributed by atoms with Gasteiger partial charge in [-0.2, -0.15) is 0 Å². The van der Waals surface area contributed by atoms with E-state index in [1.54, 1.807) is 0 Å². The van der Waals surface area contributed by atoms with E-state index >= 15 is 0 Å². The average Bonchev–Trinajstić information content (AvgIpc) is 3.20. The molecule has 0 spiro atoms. The first-order valence-electron chi connectivity index (χ1n) is 8.94. The lowest BCUT2D eigenvalue weighted by Crippen LogP contribution is -2.49. The number of fused-ring (bicyclic) bond motifs is 2. The highest BCUT2D eigenvalue weighted by Crippen LogP contribution is 2.68. The van der Waals surface area contributed by atoms with Gasteiger partial charge in [0.2, 0.25) is 5.91 Å². The van der Waals surface area contributed by atoms with Crippen LogP contribution >= 0.6 is 0 Å². The van der Waals surface area contributed by atoms with Crippen molar-refractivity contribution in [1.82, 2.24) is 20.2 Å². The molecule has 2 aliphatic rings. The highest BCUT2D eigenvalue weighted by Gasteiger charge is 2.65. The van der Waals surface area contributed by atoms with Crippen molar-refractivity contribution in [3.05, 3.63) is 12.7 Å². The minimum atomic E-state index is -1.08. The number of amides is 2. The molecule has 2 amide bonds. The summed E-state index contributed by atoms with van der Waals surface area (Å²) >= 11 is 0. The Balaban J connectivity index is 1.60. The number of carbonyl (C=O) groups is 2. The molecule has 1 aromatic rings. The Bertz CT molecular complexity index is 677. The first-order chi connectivity index (χ1) is 12.2. The van der Waals surface area contributed by atoms with Crippen molar-refractivity contribution < 1.29 is 19.8 Å². The zero-order chi connectivity index (χ0) is 19.1. The van der Waals surface area contributed by atoms with Gasteiger partial charge in [-0.3, -0.25) is 15.0 Å². The van der Waals surface area contributed by atoms with E-state index in [9.17, 15) is 19.8 Å². The van der Waals surface area contributed by atoms with Gasteiger partial charge in [0.25, 0.3) is 5.91 Å². The van der Waals surface area contributed by atoms with E-state index in [2.05, 4.69) is 41.7 Å². The Morgan fingerprint density at radius 2 is 1.96 bits per heavy atom. The molecule has 0 saturated heterocycles. The molecular formula is C17H27N5O4. The van der Waals surface area contributed by atoms with Crippen molar-refractivity contribution >= 4 is 11.8 Å². The van der Waals surface area contributed by atoms with Crippen LogP contribution in [0.3, 0.4) is 0 Å². The van der Waals surface area contributed by atoms with Crippen LogP contribution in [0, 0.1) is 22.7 Å². The van der Waals surface area contributed by atoms with Crippen LogP contribution < -0.4 is 10.7 Å². The van der Waals surface area contributed by atoms with E-state index in [0.717, 1.165) is 12.8 Å². The topological polar surface area (TPSA) is 129 Å². The number of hydrogen-bond acceptors (Lipinski definition) is 6. The maximum absolute atomic E-state index is 12.5. The molecule has 4 N–H and O–H groups in total. The van der Waals surface area contributed by atoms with Crippen molar-refractivity contribution in [2.75, 3.05) is 12.0 Å². The van der Waals surface area contributed by atoms with Gasteiger partial charge in [0.05, 0.1) is 12.7 Å². The van der Waals surface area contributed by atoms with Gasteiger partial charge in [-0.1, -0.05) is 20.8 Å². The van der Waals surface area contributed by atoms with E-state index in [1.807, 2.05) is 0 Å². The summed E-state index contributed by atoms with van der Waals surface area (Å²) in [4.78, 5) is 24.6. The molecule has 2 aliphatic carbocycles. The van der Waals surface area contributed by atoms with Crippen LogP contribution in [0.15, 0.2) is 12.7 Å². The van der Waals surface area contributed by atoms with Crippen molar-refractivity contribution in [2.24, 2.45) is 22.7 Å². The SMILES string of the molecule is CC1(C)C2CCC1(C)C(O)C2CC(=O)N[C@@H](CO)C(=O)Nn1cnnc1. The van der Waals surface area contributed by atoms with Crippen LogP contribution in [0.1, 0.15) is 40.0 Å². The second kappa shape index (κ2) is 6.62. The average molecular weight is 365 g/mol. The van der Waals surface area contributed by atoms with E-state index in [-0.39, 0.29) is 35.0 Å². The highest BCUT2D eigenvalue weighted by molar-refractivity contribution is 5.92. The van der Waals surface area contributed by atoms with Crippen molar-refractivity contribution in [1.29, 1.82) is 0 Å². The number of hydrogen-bond donors (Lipinski definition) is 4. The number of aromatic nitrogens is 3.